The van der Waals surface area contributed by atoms with Crippen molar-refractivity contribution in [3.05, 3.63) is 70.8 Å². The lowest BCUT2D eigenvalue weighted by Gasteiger charge is -2.13. The van der Waals surface area contributed by atoms with Crippen LogP contribution in [0, 0.1) is 11.6 Å². The van der Waals surface area contributed by atoms with Gasteiger partial charge in [0.1, 0.15) is 11.6 Å². The number of hydrogen-bond donors (Lipinski definition) is 1. The maximum atomic E-state index is 13.6. The molecule has 1 amide bonds. The Labute approximate surface area is 148 Å². The van der Waals surface area contributed by atoms with Gasteiger partial charge in [-0.1, -0.05) is 23.7 Å². The molecular weight excluding hydrogens is 352 g/mol. The fourth-order valence-corrected chi connectivity index (χ4v) is 2.03. The first-order valence-electron chi connectivity index (χ1n) is 7.25. The monoisotopic (exact) mass is 365 g/mol. The third-order valence-corrected chi connectivity index (χ3v) is 3.35. The average Bonchev–Trinajstić information content (AvgIpc) is 2.55. The van der Waals surface area contributed by atoms with Crippen molar-refractivity contribution in [2.24, 2.45) is 0 Å². The van der Waals surface area contributed by atoms with Gasteiger partial charge in [0, 0.05) is 11.1 Å². The molecule has 2 aromatic carbocycles. The summed E-state index contributed by atoms with van der Waals surface area (Å²) in [4.78, 5) is 23.6. The SMILES string of the molecule is CC(OC(=O)/C=C/c1cccc(F)c1)C(=O)Nc1ccc(Cl)cc1F. The molecule has 0 saturated carbocycles. The number of carbonyl (C=O) groups is 2. The lowest BCUT2D eigenvalue weighted by Crippen LogP contribution is -2.29. The van der Waals surface area contributed by atoms with E-state index < -0.39 is 29.6 Å². The van der Waals surface area contributed by atoms with E-state index in [1.165, 1.54) is 43.3 Å². The van der Waals surface area contributed by atoms with Crippen LogP contribution in [-0.4, -0.2) is 18.0 Å². The number of rotatable bonds is 5. The zero-order valence-electron chi connectivity index (χ0n) is 13.1. The van der Waals surface area contributed by atoms with E-state index in [-0.39, 0.29) is 10.7 Å². The summed E-state index contributed by atoms with van der Waals surface area (Å²) in [5, 5.41) is 2.49. The molecule has 0 aliphatic heterocycles. The van der Waals surface area contributed by atoms with Crippen LogP contribution >= 0.6 is 11.6 Å². The molecule has 0 aliphatic rings. The van der Waals surface area contributed by atoms with E-state index in [9.17, 15) is 18.4 Å². The van der Waals surface area contributed by atoms with E-state index in [0.717, 1.165) is 12.1 Å². The van der Waals surface area contributed by atoms with E-state index in [1.54, 1.807) is 6.07 Å². The molecule has 0 heterocycles. The summed E-state index contributed by atoms with van der Waals surface area (Å²) in [5.41, 5.74) is 0.393. The first-order chi connectivity index (χ1) is 11.8. The predicted octanol–water partition coefficient (Wildman–Crippen LogP) is 4.20. The van der Waals surface area contributed by atoms with Crippen LogP contribution in [0.3, 0.4) is 0 Å². The van der Waals surface area contributed by atoms with Crippen molar-refractivity contribution >= 4 is 35.2 Å². The lowest BCUT2D eigenvalue weighted by atomic mass is 10.2. The number of benzene rings is 2. The van der Waals surface area contributed by atoms with Crippen LogP contribution in [0.2, 0.25) is 5.02 Å². The van der Waals surface area contributed by atoms with Gasteiger partial charge in [-0.15, -0.1) is 0 Å². The first kappa shape index (κ1) is 18.6. The summed E-state index contributed by atoms with van der Waals surface area (Å²) in [7, 11) is 0. The Morgan fingerprint density at radius 2 is 1.96 bits per heavy atom. The topological polar surface area (TPSA) is 55.4 Å². The highest BCUT2D eigenvalue weighted by molar-refractivity contribution is 6.30. The molecule has 1 N–H and O–H groups in total. The number of carbonyl (C=O) groups excluding carboxylic acids is 2. The Kier molecular flexibility index (Phi) is 6.25. The van der Waals surface area contributed by atoms with E-state index in [1.807, 2.05) is 0 Å². The highest BCUT2D eigenvalue weighted by Crippen LogP contribution is 2.19. The summed E-state index contributed by atoms with van der Waals surface area (Å²) < 4.78 is 31.6. The molecule has 0 fully saturated rings. The zero-order chi connectivity index (χ0) is 18.4. The van der Waals surface area contributed by atoms with Crippen LogP contribution in [0.1, 0.15) is 12.5 Å². The fourth-order valence-electron chi connectivity index (χ4n) is 1.87. The van der Waals surface area contributed by atoms with Crippen LogP contribution in [0.5, 0.6) is 0 Å². The molecule has 0 bridgehead atoms. The second-order valence-corrected chi connectivity index (χ2v) is 5.52. The third-order valence-electron chi connectivity index (χ3n) is 3.11. The van der Waals surface area contributed by atoms with Crippen molar-refractivity contribution in [1.29, 1.82) is 0 Å². The highest BCUT2D eigenvalue weighted by atomic mass is 35.5. The molecule has 25 heavy (non-hydrogen) atoms. The predicted molar refractivity (Wildman–Crippen MR) is 91.0 cm³/mol. The molecule has 0 radical (unpaired) electrons. The molecular formula is C18H14ClF2NO3. The second kappa shape index (κ2) is 8.39. The number of halogens is 3. The van der Waals surface area contributed by atoms with E-state index in [0.29, 0.717) is 5.56 Å². The van der Waals surface area contributed by atoms with Gasteiger partial charge in [-0.25, -0.2) is 13.6 Å². The minimum Gasteiger partial charge on any atom is -0.449 e. The largest absolute Gasteiger partial charge is 0.449 e. The number of hydrogen-bond acceptors (Lipinski definition) is 3. The van der Waals surface area contributed by atoms with E-state index in [2.05, 4.69) is 5.32 Å². The summed E-state index contributed by atoms with van der Waals surface area (Å²) in [6.07, 6.45) is 1.27. The average molecular weight is 366 g/mol. The minimum atomic E-state index is -1.15. The molecule has 2 aromatic rings. The molecule has 2 rings (SSSR count). The van der Waals surface area contributed by atoms with Gasteiger partial charge in [0.05, 0.1) is 5.69 Å². The molecule has 130 valence electrons. The summed E-state index contributed by atoms with van der Waals surface area (Å²) in [6, 6.07) is 9.38. The smallest absolute Gasteiger partial charge is 0.331 e. The quantitative estimate of drug-likeness (QED) is 0.638. The maximum absolute atomic E-state index is 13.6. The minimum absolute atomic E-state index is 0.0763. The van der Waals surface area contributed by atoms with Gasteiger partial charge < -0.3 is 10.1 Å². The van der Waals surface area contributed by atoms with E-state index in [4.69, 9.17) is 16.3 Å². The first-order valence-corrected chi connectivity index (χ1v) is 7.63. The molecule has 0 aliphatic carbocycles. The van der Waals surface area contributed by atoms with Crippen molar-refractivity contribution in [1.82, 2.24) is 0 Å². The van der Waals surface area contributed by atoms with Crippen molar-refractivity contribution in [2.45, 2.75) is 13.0 Å². The molecule has 4 nitrogen and oxygen atoms in total. The Morgan fingerprint density at radius 3 is 2.64 bits per heavy atom. The number of amides is 1. The van der Waals surface area contributed by atoms with Gasteiger partial charge in [0.2, 0.25) is 0 Å². The normalized spacial score (nSPS) is 12.0. The molecule has 0 spiro atoms. The van der Waals surface area contributed by atoms with Crippen LogP contribution in [0.15, 0.2) is 48.5 Å². The van der Waals surface area contributed by atoms with Crippen molar-refractivity contribution in [3.63, 3.8) is 0 Å². The molecule has 1 unspecified atom stereocenters. The zero-order valence-corrected chi connectivity index (χ0v) is 13.9. The number of ether oxygens (including phenoxy) is 1. The van der Waals surface area contributed by atoms with Gasteiger partial charge in [-0.05, 0) is 48.9 Å². The highest BCUT2D eigenvalue weighted by Gasteiger charge is 2.18. The molecule has 0 aromatic heterocycles. The van der Waals surface area contributed by atoms with Gasteiger partial charge in [0.15, 0.2) is 6.10 Å². The summed E-state index contributed by atoms with van der Waals surface area (Å²) >= 11 is 5.63. The van der Waals surface area contributed by atoms with Gasteiger partial charge in [-0.2, -0.15) is 0 Å². The van der Waals surface area contributed by atoms with Crippen molar-refractivity contribution in [3.8, 4) is 0 Å². The van der Waals surface area contributed by atoms with Crippen LogP contribution < -0.4 is 5.32 Å². The third kappa shape index (κ3) is 5.69. The summed E-state index contributed by atoms with van der Waals surface area (Å²) in [5.74, 6) is -2.63. The standard InChI is InChI=1S/C18H14ClF2NO3/c1-11(18(24)22-16-7-6-13(19)10-15(16)21)25-17(23)8-5-12-3-2-4-14(20)9-12/h2-11H,1H3,(H,22,24)/b8-5+. The Morgan fingerprint density at radius 1 is 1.20 bits per heavy atom. The van der Waals surface area contributed by atoms with Crippen LogP contribution in [0.4, 0.5) is 14.5 Å². The lowest BCUT2D eigenvalue weighted by molar-refractivity contribution is -0.148. The van der Waals surface area contributed by atoms with Crippen LogP contribution in [-0.2, 0) is 14.3 Å². The van der Waals surface area contributed by atoms with Gasteiger partial charge in [-0.3, -0.25) is 4.79 Å². The fraction of sp³-hybridized carbons (Fsp3) is 0.111. The molecule has 1 atom stereocenters. The molecule has 0 saturated heterocycles. The van der Waals surface area contributed by atoms with Crippen molar-refractivity contribution < 1.29 is 23.1 Å². The van der Waals surface area contributed by atoms with Gasteiger partial charge >= 0.3 is 5.97 Å². The maximum Gasteiger partial charge on any atom is 0.331 e. The Hall–Kier alpha value is -2.73. The van der Waals surface area contributed by atoms with Gasteiger partial charge in [0.25, 0.3) is 5.91 Å². The Balaban J connectivity index is 1.92. The summed E-state index contributed by atoms with van der Waals surface area (Å²) in [6.45, 7) is 1.34. The van der Waals surface area contributed by atoms with Crippen LogP contribution in [0.25, 0.3) is 6.08 Å². The Bertz CT molecular complexity index is 824. The number of anilines is 1. The van der Waals surface area contributed by atoms with E-state index >= 15 is 0 Å². The second-order valence-electron chi connectivity index (χ2n) is 5.08. The number of esters is 1. The molecule has 7 heteroatoms. The van der Waals surface area contributed by atoms with Crippen molar-refractivity contribution in [2.75, 3.05) is 5.32 Å². The number of nitrogens with one attached hydrogen (secondary N) is 1.